The highest BCUT2D eigenvalue weighted by Gasteiger charge is 2.34. The van der Waals surface area contributed by atoms with Gasteiger partial charge in [0.25, 0.3) is 0 Å². The number of aryl methyl sites for hydroxylation is 1. The van der Waals surface area contributed by atoms with Crippen molar-refractivity contribution in [2.75, 3.05) is 13.2 Å². The summed E-state index contributed by atoms with van der Waals surface area (Å²) in [6.45, 7) is 4.69. The summed E-state index contributed by atoms with van der Waals surface area (Å²) in [4.78, 5) is 13.5. The standard InChI is InChI=1S/C17H23NO3/c1-12-10-13(17(19)20)6-7-14(12)11-18-8-9-21-16-5-3-2-4-15(16)18/h6-7,10,15-16H,2-5,8-9,11H2,1H3,(H,19,20). The topological polar surface area (TPSA) is 49.8 Å². The molecule has 21 heavy (non-hydrogen) atoms. The maximum absolute atomic E-state index is 11.0. The summed E-state index contributed by atoms with van der Waals surface area (Å²) < 4.78 is 5.91. The number of carboxylic acid groups (broad SMARTS) is 1. The van der Waals surface area contributed by atoms with Gasteiger partial charge < -0.3 is 9.84 Å². The molecule has 114 valence electrons. The highest BCUT2D eigenvalue weighted by molar-refractivity contribution is 5.87. The molecule has 1 N–H and O–H groups in total. The summed E-state index contributed by atoms with van der Waals surface area (Å²) in [5.41, 5.74) is 2.66. The smallest absolute Gasteiger partial charge is 0.335 e. The molecular formula is C17H23NO3. The van der Waals surface area contributed by atoms with Crippen molar-refractivity contribution in [3.8, 4) is 0 Å². The summed E-state index contributed by atoms with van der Waals surface area (Å²) in [5.74, 6) is -0.858. The number of benzene rings is 1. The van der Waals surface area contributed by atoms with Crippen LogP contribution >= 0.6 is 0 Å². The third-order valence-corrected chi connectivity index (χ3v) is 4.81. The zero-order valence-electron chi connectivity index (χ0n) is 12.5. The number of aromatic carboxylic acids is 1. The van der Waals surface area contributed by atoms with Crippen LogP contribution in [0, 0.1) is 6.92 Å². The minimum absolute atomic E-state index is 0.369. The predicted molar refractivity (Wildman–Crippen MR) is 80.5 cm³/mol. The van der Waals surface area contributed by atoms with Crippen LogP contribution in [-0.2, 0) is 11.3 Å². The van der Waals surface area contributed by atoms with Crippen molar-refractivity contribution >= 4 is 5.97 Å². The van der Waals surface area contributed by atoms with Crippen molar-refractivity contribution in [2.24, 2.45) is 0 Å². The van der Waals surface area contributed by atoms with Crippen LogP contribution in [0.1, 0.15) is 47.2 Å². The van der Waals surface area contributed by atoms with Gasteiger partial charge in [0, 0.05) is 19.1 Å². The lowest BCUT2D eigenvalue weighted by Crippen LogP contribution is -2.52. The van der Waals surface area contributed by atoms with Gasteiger partial charge in [0.1, 0.15) is 0 Å². The first kappa shape index (κ1) is 14.5. The van der Waals surface area contributed by atoms with Gasteiger partial charge in [0.2, 0.25) is 0 Å². The molecule has 0 aromatic heterocycles. The first-order chi connectivity index (χ1) is 10.1. The van der Waals surface area contributed by atoms with Gasteiger partial charge in [-0.15, -0.1) is 0 Å². The zero-order chi connectivity index (χ0) is 14.8. The third kappa shape index (κ3) is 3.11. The molecule has 0 spiro atoms. The Morgan fingerprint density at radius 2 is 2.19 bits per heavy atom. The monoisotopic (exact) mass is 289 g/mol. The van der Waals surface area contributed by atoms with Crippen LogP contribution in [0.2, 0.25) is 0 Å². The fourth-order valence-corrected chi connectivity index (χ4v) is 3.60. The van der Waals surface area contributed by atoms with Crippen molar-refractivity contribution in [3.63, 3.8) is 0 Å². The number of rotatable bonds is 3. The van der Waals surface area contributed by atoms with Crippen LogP contribution in [0.3, 0.4) is 0 Å². The predicted octanol–water partition coefficient (Wildman–Crippen LogP) is 2.84. The second-order valence-electron chi connectivity index (χ2n) is 6.18. The molecule has 4 heteroatoms. The van der Waals surface area contributed by atoms with Gasteiger partial charge in [-0.05, 0) is 43.0 Å². The molecule has 1 heterocycles. The Hall–Kier alpha value is -1.39. The molecule has 1 saturated carbocycles. The molecule has 3 rings (SSSR count). The fourth-order valence-electron chi connectivity index (χ4n) is 3.60. The maximum Gasteiger partial charge on any atom is 0.335 e. The van der Waals surface area contributed by atoms with Crippen LogP contribution in [0.5, 0.6) is 0 Å². The SMILES string of the molecule is Cc1cc(C(=O)O)ccc1CN1CCOC2CCCCC21. The normalized spacial score (nSPS) is 26.3. The van der Waals surface area contributed by atoms with E-state index in [1.807, 2.05) is 13.0 Å². The van der Waals surface area contributed by atoms with Gasteiger partial charge >= 0.3 is 5.97 Å². The van der Waals surface area contributed by atoms with Crippen LogP contribution in [0.15, 0.2) is 18.2 Å². The van der Waals surface area contributed by atoms with E-state index in [-0.39, 0.29) is 0 Å². The molecule has 0 bridgehead atoms. The molecular weight excluding hydrogens is 266 g/mol. The lowest BCUT2D eigenvalue weighted by atomic mass is 9.89. The van der Waals surface area contributed by atoms with Crippen molar-refractivity contribution < 1.29 is 14.6 Å². The summed E-state index contributed by atoms with van der Waals surface area (Å²) in [7, 11) is 0. The van der Waals surface area contributed by atoms with Crippen molar-refractivity contribution in [2.45, 2.75) is 51.3 Å². The summed E-state index contributed by atoms with van der Waals surface area (Å²) in [5, 5.41) is 9.05. The Bertz CT molecular complexity index is 527. The van der Waals surface area contributed by atoms with E-state index in [2.05, 4.69) is 4.90 Å². The van der Waals surface area contributed by atoms with Crippen molar-refractivity contribution in [1.29, 1.82) is 0 Å². The second kappa shape index (κ2) is 6.16. The highest BCUT2D eigenvalue weighted by Crippen LogP contribution is 2.29. The van der Waals surface area contributed by atoms with E-state index in [4.69, 9.17) is 9.84 Å². The number of hydrogen-bond acceptors (Lipinski definition) is 3. The summed E-state index contributed by atoms with van der Waals surface area (Å²) in [6, 6.07) is 5.98. The van der Waals surface area contributed by atoms with Crippen molar-refractivity contribution in [3.05, 3.63) is 34.9 Å². The molecule has 1 aliphatic carbocycles. The molecule has 1 aromatic carbocycles. The molecule has 1 aliphatic heterocycles. The Balaban J connectivity index is 1.74. The van der Waals surface area contributed by atoms with Gasteiger partial charge in [-0.3, -0.25) is 4.90 Å². The summed E-state index contributed by atoms with van der Waals surface area (Å²) >= 11 is 0. The van der Waals surface area contributed by atoms with Gasteiger partial charge in [0.15, 0.2) is 0 Å². The van der Waals surface area contributed by atoms with Crippen molar-refractivity contribution in [1.82, 2.24) is 4.90 Å². The molecule has 2 atom stereocenters. The lowest BCUT2D eigenvalue weighted by Gasteiger charge is -2.44. The zero-order valence-corrected chi connectivity index (χ0v) is 12.5. The Kier molecular flexibility index (Phi) is 4.27. The Morgan fingerprint density at radius 3 is 2.95 bits per heavy atom. The highest BCUT2D eigenvalue weighted by atomic mass is 16.5. The average Bonchev–Trinajstić information content (AvgIpc) is 2.49. The quantitative estimate of drug-likeness (QED) is 0.929. The van der Waals surface area contributed by atoms with Gasteiger partial charge in [-0.2, -0.15) is 0 Å². The van der Waals surface area contributed by atoms with E-state index in [0.29, 0.717) is 17.7 Å². The fraction of sp³-hybridized carbons (Fsp3) is 0.588. The molecule has 4 nitrogen and oxygen atoms in total. The first-order valence-corrected chi connectivity index (χ1v) is 7.83. The van der Waals surface area contributed by atoms with E-state index in [9.17, 15) is 4.79 Å². The number of carboxylic acids is 1. The Labute approximate surface area is 125 Å². The molecule has 2 unspecified atom stereocenters. The Morgan fingerprint density at radius 1 is 1.38 bits per heavy atom. The lowest BCUT2D eigenvalue weighted by molar-refractivity contribution is -0.0911. The number of carbonyl (C=O) groups is 1. The second-order valence-corrected chi connectivity index (χ2v) is 6.18. The maximum atomic E-state index is 11.0. The van der Waals surface area contributed by atoms with Gasteiger partial charge in [-0.25, -0.2) is 4.79 Å². The number of morpholine rings is 1. The van der Waals surface area contributed by atoms with E-state index >= 15 is 0 Å². The van der Waals surface area contributed by atoms with E-state index in [0.717, 1.165) is 25.3 Å². The average molecular weight is 289 g/mol. The number of ether oxygens (including phenoxy) is 1. The van der Waals surface area contributed by atoms with Gasteiger partial charge in [0.05, 0.1) is 18.3 Å². The molecule has 1 saturated heterocycles. The van der Waals surface area contributed by atoms with E-state index < -0.39 is 5.97 Å². The first-order valence-electron chi connectivity index (χ1n) is 7.83. The number of nitrogens with zero attached hydrogens (tertiary/aromatic N) is 1. The third-order valence-electron chi connectivity index (χ3n) is 4.81. The minimum Gasteiger partial charge on any atom is -0.478 e. The molecule has 0 amide bonds. The summed E-state index contributed by atoms with van der Waals surface area (Å²) in [6.07, 6.45) is 5.36. The van der Waals surface area contributed by atoms with E-state index in [1.54, 1.807) is 12.1 Å². The van der Waals surface area contributed by atoms with Crippen LogP contribution in [0.4, 0.5) is 0 Å². The van der Waals surface area contributed by atoms with Gasteiger partial charge in [-0.1, -0.05) is 18.9 Å². The van der Waals surface area contributed by atoms with Crippen LogP contribution in [0.25, 0.3) is 0 Å². The molecule has 1 aromatic rings. The minimum atomic E-state index is -0.858. The molecule has 0 radical (unpaired) electrons. The van der Waals surface area contributed by atoms with Crippen LogP contribution in [-0.4, -0.2) is 41.3 Å². The number of fused-ring (bicyclic) bond motifs is 1. The van der Waals surface area contributed by atoms with Crippen LogP contribution < -0.4 is 0 Å². The van der Waals surface area contributed by atoms with E-state index in [1.165, 1.54) is 31.2 Å². The molecule has 2 fully saturated rings. The largest absolute Gasteiger partial charge is 0.478 e. The number of hydrogen-bond donors (Lipinski definition) is 1. The molecule has 2 aliphatic rings.